The number of nitrogens with zero attached hydrogens (tertiary/aromatic N) is 1. The van der Waals surface area contributed by atoms with Crippen LogP contribution in [0, 0.1) is 12.3 Å². The Morgan fingerprint density at radius 1 is 1.13 bits per heavy atom. The number of hydrogen-bond acceptors (Lipinski definition) is 4. The summed E-state index contributed by atoms with van der Waals surface area (Å²) in [5, 5.41) is 11.8. The van der Waals surface area contributed by atoms with Gasteiger partial charge < -0.3 is 14.8 Å². The van der Waals surface area contributed by atoms with Gasteiger partial charge in [0, 0.05) is 39.3 Å². The van der Waals surface area contributed by atoms with Crippen molar-refractivity contribution in [2.75, 3.05) is 12.0 Å². The van der Waals surface area contributed by atoms with Crippen LogP contribution >= 0.6 is 0 Å². The number of carbonyl (C=O) groups is 2. The number of aliphatic hydroxyl groups is 1. The van der Waals surface area contributed by atoms with Gasteiger partial charge in [-0.2, -0.15) is 0 Å². The molecule has 0 fully saturated rings. The molecular formula is C25H26N2O4. The van der Waals surface area contributed by atoms with E-state index in [4.69, 9.17) is 4.74 Å². The summed E-state index contributed by atoms with van der Waals surface area (Å²) in [6.07, 6.45) is 0. The van der Waals surface area contributed by atoms with Crippen molar-refractivity contribution in [3.63, 3.8) is 0 Å². The Bertz CT molecular complexity index is 1230. The van der Waals surface area contributed by atoms with Crippen molar-refractivity contribution in [1.82, 2.24) is 4.98 Å². The molecule has 3 aromatic rings. The molecule has 2 N–H and O–H groups in total. The zero-order chi connectivity index (χ0) is 22.5. The van der Waals surface area contributed by atoms with Crippen molar-refractivity contribution in [3.05, 3.63) is 71.1 Å². The summed E-state index contributed by atoms with van der Waals surface area (Å²) < 4.78 is 5.34. The fourth-order valence-electron chi connectivity index (χ4n) is 4.19. The average Bonchev–Trinajstić information content (AvgIpc) is 3.19. The van der Waals surface area contributed by atoms with Crippen molar-refractivity contribution < 1.29 is 19.4 Å². The van der Waals surface area contributed by atoms with Gasteiger partial charge in [0.05, 0.1) is 18.7 Å². The molecule has 0 radical (unpaired) electrons. The molecule has 0 saturated carbocycles. The highest BCUT2D eigenvalue weighted by atomic mass is 16.5. The van der Waals surface area contributed by atoms with Crippen LogP contribution in [-0.2, 0) is 9.59 Å². The number of amides is 1. The molecule has 2 heterocycles. The number of nitrogens with one attached hydrogen (secondary N) is 1. The van der Waals surface area contributed by atoms with Gasteiger partial charge in [0.2, 0.25) is 0 Å². The summed E-state index contributed by atoms with van der Waals surface area (Å²) in [5.74, 6) is -0.791. The van der Waals surface area contributed by atoms with Gasteiger partial charge in [0.1, 0.15) is 5.75 Å². The fraction of sp³-hybridized carbons (Fsp3) is 0.280. The lowest BCUT2D eigenvalue weighted by atomic mass is 9.81. The molecule has 2 aromatic carbocycles. The number of fused-ring (bicyclic) bond motifs is 1. The summed E-state index contributed by atoms with van der Waals surface area (Å²) in [5.41, 5.74) is 2.42. The Hall–Kier alpha value is -3.54. The summed E-state index contributed by atoms with van der Waals surface area (Å²) in [6, 6.07) is 14.1. The second kappa shape index (κ2) is 7.30. The molecule has 1 amide bonds. The first-order valence-electron chi connectivity index (χ1n) is 10.2. The number of aromatic nitrogens is 1. The molecule has 1 unspecified atom stereocenters. The van der Waals surface area contributed by atoms with E-state index in [0.717, 1.165) is 22.2 Å². The van der Waals surface area contributed by atoms with Crippen LogP contribution in [0.1, 0.15) is 38.1 Å². The first-order valence-corrected chi connectivity index (χ1v) is 10.2. The number of anilines is 1. The molecule has 1 aromatic heterocycles. The smallest absolute Gasteiger partial charge is 0.294 e. The maximum atomic E-state index is 13.4. The number of H-pyrrole nitrogens is 1. The Morgan fingerprint density at radius 2 is 1.84 bits per heavy atom. The van der Waals surface area contributed by atoms with Crippen LogP contribution in [0.25, 0.3) is 10.9 Å². The lowest BCUT2D eigenvalue weighted by Crippen LogP contribution is -2.33. The number of Topliss-reactive ketones (excluding diaryl/α,β-unsaturated/α-hetero) is 1. The van der Waals surface area contributed by atoms with E-state index in [2.05, 4.69) is 4.98 Å². The number of methoxy groups -OCH3 is 1. The fourth-order valence-corrected chi connectivity index (χ4v) is 4.19. The number of para-hydroxylation sites is 1. The van der Waals surface area contributed by atoms with Gasteiger partial charge >= 0.3 is 0 Å². The normalized spacial score (nSPS) is 17.0. The van der Waals surface area contributed by atoms with E-state index in [-0.39, 0.29) is 11.4 Å². The summed E-state index contributed by atoms with van der Waals surface area (Å²) in [4.78, 5) is 31.6. The highest BCUT2D eigenvalue weighted by Gasteiger charge is 2.48. The molecular weight excluding hydrogens is 392 g/mol. The lowest BCUT2D eigenvalue weighted by Gasteiger charge is -2.29. The molecule has 1 aliphatic heterocycles. The van der Waals surface area contributed by atoms with Gasteiger partial charge in [0.25, 0.3) is 5.91 Å². The van der Waals surface area contributed by atoms with Gasteiger partial charge in [-0.3, -0.25) is 14.5 Å². The highest BCUT2D eigenvalue weighted by Crippen LogP contribution is 2.46. The molecule has 0 aliphatic carbocycles. The third-order valence-electron chi connectivity index (χ3n) is 5.68. The molecule has 6 nitrogen and oxygen atoms in total. The topological polar surface area (TPSA) is 82.6 Å². The van der Waals surface area contributed by atoms with Crippen LogP contribution in [0.2, 0.25) is 0 Å². The van der Waals surface area contributed by atoms with Gasteiger partial charge in [-0.25, -0.2) is 0 Å². The zero-order valence-electron chi connectivity index (χ0n) is 18.3. The second-order valence-corrected chi connectivity index (χ2v) is 8.83. The zero-order valence-corrected chi connectivity index (χ0v) is 18.3. The number of carbonyl (C=O) groups excluding carboxylic acids is 2. The van der Waals surface area contributed by atoms with E-state index in [9.17, 15) is 14.7 Å². The van der Waals surface area contributed by atoms with E-state index in [1.165, 1.54) is 4.90 Å². The SMILES string of the molecule is COc1cccc(N2C(=O)C(O)=C(C(=O)C(C)(C)C)C2c2c(C)[nH]c3ccccc23)c1. The molecule has 160 valence electrons. The number of ketones is 1. The van der Waals surface area contributed by atoms with Crippen molar-refractivity contribution in [1.29, 1.82) is 0 Å². The van der Waals surface area contributed by atoms with Gasteiger partial charge in [0.15, 0.2) is 11.5 Å². The average molecular weight is 418 g/mol. The number of hydrogen-bond donors (Lipinski definition) is 2. The van der Waals surface area contributed by atoms with E-state index in [0.29, 0.717) is 11.4 Å². The van der Waals surface area contributed by atoms with Gasteiger partial charge in [-0.15, -0.1) is 0 Å². The molecule has 0 saturated heterocycles. The van der Waals surface area contributed by atoms with Crippen LogP contribution in [0.3, 0.4) is 0 Å². The van der Waals surface area contributed by atoms with E-state index in [1.807, 2.05) is 31.2 Å². The number of ether oxygens (including phenoxy) is 1. The first-order chi connectivity index (χ1) is 14.6. The van der Waals surface area contributed by atoms with Crippen molar-refractivity contribution in [2.45, 2.75) is 33.7 Å². The Balaban J connectivity index is 2.01. The Morgan fingerprint density at radius 3 is 2.52 bits per heavy atom. The third-order valence-corrected chi connectivity index (χ3v) is 5.68. The predicted molar refractivity (Wildman–Crippen MR) is 120 cm³/mol. The minimum absolute atomic E-state index is 0.119. The lowest BCUT2D eigenvalue weighted by molar-refractivity contribution is -0.123. The van der Waals surface area contributed by atoms with Crippen molar-refractivity contribution in [2.24, 2.45) is 5.41 Å². The molecule has 1 atom stereocenters. The summed E-state index contributed by atoms with van der Waals surface area (Å²) in [7, 11) is 1.55. The Labute approximate surface area is 181 Å². The minimum atomic E-state index is -0.772. The van der Waals surface area contributed by atoms with Gasteiger partial charge in [-0.05, 0) is 25.1 Å². The Kier molecular flexibility index (Phi) is 4.88. The van der Waals surface area contributed by atoms with Crippen molar-refractivity contribution in [3.8, 4) is 5.75 Å². The largest absolute Gasteiger partial charge is 0.503 e. The maximum absolute atomic E-state index is 13.4. The quantitative estimate of drug-likeness (QED) is 0.625. The number of aliphatic hydroxyl groups excluding tert-OH is 1. The third kappa shape index (κ3) is 3.28. The van der Waals surface area contributed by atoms with E-state index in [1.54, 1.807) is 52.1 Å². The van der Waals surface area contributed by atoms with Crippen LogP contribution in [-0.4, -0.2) is 28.9 Å². The molecule has 31 heavy (non-hydrogen) atoms. The standard InChI is InChI=1S/C25H26N2O4/c1-14-19(17-11-6-7-12-18(17)26-14)21-20(23(29)25(2,3)4)22(28)24(30)27(21)15-9-8-10-16(13-15)31-5/h6-13,21,26,28H,1-5H3. The maximum Gasteiger partial charge on any atom is 0.294 e. The van der Waals surface area contributed by atoms with Gasteiger partial charge in [-0.1, -0.05) is 45.0 Å². The minimum Gasteiger partial charge on any atom is -0.503 e. The highest BCUT2D eigenvalue weighted by molar-refractivity contribution is 6.18. The second-order valence-electron chi connectivity index (χ2n) is 8.83. The van der Waals surface area contributed by atoms with E-state index >= 15 is 0 Å². The summed E-state index contributed by atoms with van der Waals surface area (Å²) >= 11 is 0. The first kappa shape index (κ1) is 20.7. The van der Waals surface area contributed by atoms with Crippen LogP contribution in [0.4, 0.5) is 5.69 Å². The number of rotatable bonds is 4. The summed E-state index contributed by atoms with van der Waals surface area (Å²) in [6.45, 7) is 7.27. The molecule has 6 heteroatoms. The van der Waals surface area contributed by atoms with E-state index < -0.39 is 23.1 Å². The monoisotopic (exact) mass is 418 g/mol. The van der Waals surface area contributed by atoms with Crippen LogP contribution in [0.15, 0.2) is 59.9 Å². The molecule has 1 aliphatic rings. The number of benzene rings is 2. The molecule has 4 rings (SSSR count). The van der Waals surface area contributed by atoms with Crippen LogP contribution in [0.5, 0.6) is 5.75 Å². The number of aryl methyl sites for hydroxylation is 1. The molecule has 0 bridgehead atoms. The molecule has 0 spiro atoms. The van der Waals surface area contributed by atoms with Crippen molar-refractivity contribution >= 4 is 28.3 Å². The predicted octanol–water partition coefficient (Wildman–Crippen LogP) is 5.00. The van der Waals surface area contributed by atoms with Crippen LogP contribution < -0.4 is 9.64 Å². The number of aromatic amines is 1.